The van der Waals surface area contributed by atoms with Gasteiger partial charge in [-0.15, -0.1) is 0 Å². The van der Waals surface area contributed by atoms with Crippen molar-refractivity contribution in [2.45, 2.75) is 5.92 Å². The molecule has 0 amide bonds. The summed E-state index contributed by atoms with van der Waals surface area (Å²) in [4.78, 5) is 12.3. The van der Waals surface area contributed by atoms with Gasteiger partial charge in [-0.25, -0.2) is 4.79 Å². The number of nitriles is 1. The van der Waals surface area contributed by atoms with E-state index in [4.69, 9.17) is 36.3 Å². The number of halogens is 1. The summed E-state index contributed by atoms with van der Waals surface area (Å²) in [6.07, 6.45) is 1.66. The molecule has 0 fully saturated rings. The van der Waals surface area contributed by atoms with Gasteiger partial charge in [0.25, 0.3) is 0 Å². The molecule has 8 heteroatoms. The summed E-state index contributed by atoms with van der Waals surface area (Å²) in [7, 11) is 0. The Morgan fingerprint density at radius 3 is 2.40 bits per heavy atom. The average molecular weight is 489 g/mol. The lowest BCUT2D eigenvalue weighted by atomic mass is 9.83. The van der Waals surface area contributed by atoms with Crippen LogP contribution < -0.4 is 24.7 Å². The average Bonchev–Trinajstić information content (AvgIpc) is 2.86. The van der Waals surface area contributed by atoms with Crippen molar-refractivity contribution >= 4 is 17.6 Å². The van der Waals surface area contributed by atoms with Crippen LogP contribution in [0.3, 0.4) is 0 Å². The summed E-state index contributed by atoms with van der Waals surface area (Å²) in [5, 5.41) is 10.3. The minimum Gasteiger partial charge on any atom is -0.490 e. The van der Waals surface area contributed by atoms with Crippen molar-refractivity contribution in [3.8, 4) is 29.1 Å². The summed E-state index contributed by atoms with van der Waals surface area (Å²) in [6.45, 7) is 3.74. The molecule has 4 rings (SSSR count). The Balaban J connectivity index is 1.52. The fraction of sp³-hybridized carbons (Fsp3) is 0.111. The van der Waals surface area contributed by atoms with Crippen molar-refractivity contribution < 1.29 is 23.7 Å². The van der Waals surface area contributed by atoms with E-state index < -0.39 is 11.9 Å². The summed E-state index contributed by atoms with van der Waals surface area (Å²) < 4.78 is 22.0. The van der Waals surface area contributed by atoms with E-state index in [1.807, 2.05) is 24.3 Å². The minimum absolute atomic E-state index is 0.00784. The molecule has 35 heavy (non-hydrogen) atoms. The van der Waals surface area contributed by atoms with Crippen LogP contribution in [0.1, 0.15) is 17.0 Å². The molecule has 1 unspecified atom stereocenters. The van der Waals surface area contributed by atoms with Crippen molar-refractivity contribution in [1.82, 2.24) is 0 Å². The van der Waals surface area contributed by atoms with Crippen LogP contribution >= 0.6 is 11.6 Å². The molecule has 0 saturated heterocycles. The van der Waals surface area contributed by atoms with Gasteiger partial charge in [-0.3, -0.25) is 0 Å². The largest absolute Gasteiger partial charge is 0.490 e. The van der Waals surface area contributed by atoms with E-state index in [-0.39, 0.29) is 18.2 Å². The molecule has 1 atom stereocenters. The number of esters is 1. The molecule has 0 saturated carbocycles. The summed E-state index contributed by atoms with van der Waals surface area (Å²) in [5.74, 6) is 0.770. The first kappa shape index (κ1) is 23.7. The molecule has 3 aromatic rings. The smallest absolute Gasteiger partial charge is 0.349 e. The molecule has 1 aliphatic heterocycles. The molecule has 0 bridgehead atoms. The first-order chi connectivity index (χ1) is 17.0. The second kappa shape index (κ2) is 10.7. The number of allylic oxidation sites excluding steroid dienone is 1. The van der Waals surface area contributed by atoms with Gasteiger partial charge in [0.05, 0.1) is 5.92 Å². The second-order valence-corrected chi connectivity index (χ2v) is 7.95. The Morgan fingerprint density at radius 2 is 1.71 bits per heavy atom. The van der Waals surface area contributed by atoms with E-state index in [2.05, 4.69) is 12.6 Å². The maximum atomic E-state index is 12.3. The molecule has 0 aromatic heterocycles. The number of benzene rings is 3. The highest BCUT2D eigenvalue weighted by Gasteiger charge is 2.31. The summed E-state index contributed by atoms with van der Waals surface area (Å²) in [6, 6.07) is 21.1. The lowest BCUT2D eigenvalue weighted by molar-refractivity contribution is -0.136. The van der Waals surface area contributed by atoms with Crippen LogP contribution in [0.2, 0.25) is 5.02 Å². The third-order valence-electron chi connectivity index (χ3n) is 5.17. The van der Waals surface area contributed by atoms with Gasteiger partial charge in [0.1, 0.15) is 41.2 Å². The third-order valence-corrected chi connectivity index (χ3v) is 5.43. The number of ether oxygens (including phenoxy) is 4. The molecule has 7 nitrogen and oxygen atoms in total. The first-order valence-corrected chi connectivity index (χ1v) is 11.0. The van der Waals surface area contributed by atoms with Crippen LogP contribution in [-0.2, 0) is 4.79 Å². The van der Waals surface area contributed by atoms with E-state index in [0.29, 0.717) is 40.0 Å². The lowest BCUT2D eigenvalue weighted by Crippen LogP contribution is -2.21. The van der Waals surface area contributed by atoms with Crippen molar-refractivity contribution in [2.75, 3.05) is 13.2 Å². The van der Waals surface area contributed by atoms with Crippen LogP contribution in [0.25, 0.3) is 0 Å². The van der Waals surface area contributed by atoms with Crippen molar-refractivity contribution in [2.24, 2.45) is 5.73 Å². The number of nitrogens with zero attached hydrogens (tertiary/aromatic N) is 1. The zero-order chi connectivity index (χ0) is 24.8. The highest BCUT2D eigenvalue weighted by Crippen LogP contribution is 2.43. The summed E-state index contributed by atoms with van der Waals surface area (Å²) in [5.41, 5.74) is 7.90. The molecule has 3 aromatic carbocycles. The van der Waals surface area contributed by atoms with Gasteiger partial charge in [-0.1, -0.05) is 42.5 Å². The maximum Gasteiger partial charge on any atom is 0.349 e. The van der Waals surface area contributed by atoms with Crippen LogP contribution in [0, 0.1) is 11.3 Å². The Hall–Kier alpha value is -4.41. The fourth-order valence-corrected chi connectivity index (χ4v) is 3.71. The van der Waals surface area contributed by atoms with E-state index in [9.17, 15) is 10.1 Å². The lowest BCUT2D eigenvalue weighted by Gasteiger charge is -2.26. The second-order valence-electron chi connectivity index (χ2n) is 7.51. The Kier molecular flexibility index (Phi) is 7.24. The van der Waals surface area contributed by atoms with Crippen molar-refractivity contribution in [3.63, 3.8) is 0 Å². The normalized spacial score (nSPS) is 14.2. The van der Waals surface area contributed by atoms with Crippen LogP contribution in [0.4, 0.5) is 0 Å². The summed E-state index contributed by atoms with van der Waals surface area (Å²) >= 11 is 5.84. The Bertz CT molecular complexity index is 1310. The van der Waals surface area contributed by atoms with E-state index in [1.165, 1.54) is 0 Å². The van der Waals surface area contributed by atoms with E-state index in [0.717, 1.165) is 5.56 Å². The van der Waals surface area contributed by atoms with Gasteiger partial charge in [0, 0.05) is 16.7 Å². The fourth-order valence-electron chi connectivity index (χ4n) is 3.59. The van der Waals surface area contributed by atoms with Gasteiger partial charge >= 0.3 is 5.97 Å². The van der Waals surface area contributed by atoms with Gasteiger partial charge in [0.2, 0.25) is 5.88 Å². The zero-order valence-electron chi connectivity index (χ0n) is 18.6. The number of rotatable bonds is 8. The molecule has 2 N–H and O–H groups in total. The number of hydrogen-bond acceptors (Lipinski definition) is 7. The van der Waals surface area contributed by atoms with Gasteiger partial charge in [-0.05, 0) is 48.0 Å². The first-order valence-electron chi connectivity index (χ1n) is 10.6. The maximum absolute atomic E-state index is 12.3. The number of fused-ring (bicyclic) bond motifs is 1. The highest BCUT2D eigenvalue weighted by atomic mass is 35.5. The molecule has 0 radical (unpaired) electrons. The van der Waals surface area contributed by atoms with E-state index in [1.54, 1.807) is 48.5 Å². The number of carbonyl (C=O) groups excluding carboxylic acids is 1. The van der Waals surface area contributed by atoms with Crippen LogP contribution in [-0.4, -0.2) is 19.2 Å². The highest BCUT2D eigenvalue weighted by molar-refractivity contribution is 6.30. The SMILES string of the molecule is C=CCOc1ccc(C2C(C#N)=C(N)Oc3cc(OC(=O)COc4ccc(Cl)cc4)ccc32)cc1. The van der Waals surface area contributed by atoms with Gasteiger partial charge in [0.15, 0.2) is 6.61 Å². The molecular weight excluding hydrogens is 468 g/mol. The molecule has 176 valence electrons. The number of carbonyl (C=O) groups is 1. The van der Waals surface area contributed by atoms with Gasteiger partial charge in [-0.2, -0.15) is 5.26 Å². The molecular formula is C27H21ClN2O5. The number of hydrogen-bond donors (Lipinski definition) is 1. The topological polar surface area (TPSA) is 104 Å². The molecule has 1 aliphatic rings. The Morgan fingerprint density at radius 1 is 1.06 bits per heavy atom. The van der Waals surface area contributed by atoms with Crippen molar-refractivity contribution in [3.05, 3.63) is 107 Å². The molecule has 1 heterocycles. The standard InChI is InChI=1S/C27H21ClN2O5/c1-2-13-32-19-7-3-17(4-8-19)26-22-12-11-21(14-24(22)35-27(30)23(26)15-29)34-25(31)16-33-20-9-5-18(28)6-10-20/h2-12,14,26H,1,13,16,30H2. The van der Waals surface area contributed by atoms with Crippen molar-refractivity contribution in [1.29, 1.82) is 5.26 Å². The van der Waals surface area contributed by atoms with Crippen LogP contribution in [0.15, 0.2) is 90.8 Å². The predicted octanol–water partition coefficient (Wildman–Crippen LogP) is 5.11. The third kappa shape index (κ3) is 5.57. The molecule has 0 spiro atoms. The van der Waals surface area contributed by atoms with Gasteiger partial charge < -0.3 is 24.7 Å². The quantitative estimate of drug-likeness (QED) is 0.267. The Labute approximate surface area is 207 Å². The molecule has 0 aliphatic carbocycles. The van der Waals surface area contributed by atoms with E-state index >= 15 is 0 Å². The monoisotopic (exact) mass is 488 g/mol. The van der Waals surface area contributed by atoms with Crippen LogP contribution in [0.5, 0.6) is 23.0 Å². The predicted molar refractivity (Wildman–Crippen MR) is 130 cm³/mol. The zero-order valence-corrected chi connectivity index (χ0v) is 19.3. The minimum atomic E-state index is -0.594. The number of nitrogens with two attached hydrogens (primary N) is 1.